The summed E-state index contributed by atoms with van der Waals surface area (Å²) in [5.74, 6) is 0.757. The summed E-state index contributed by atoms with van der Waals surface area (Å²) in [4.78, 5) is 0. The average molecular weight is 286 g/mol. The Balaban J connectivity index is 2.68. The Labute approximate surface area is 123 Å². The zero-order valence-corrected chi connectivity index (χ0v) is 13.0. The lowest BCUT2D eigenvalue weighted by Gasteiger charge is -2.21. The lowest BCUT2D eigenvalue weighted by molar-refractivity contribution is 0.416. The molecule has 0 fully saturated rings. The molecule has 1 aromatic heterocycles. The van der Waals surface area contributed by atoms with Crippen LogP contribution in [-0.4, -0.2) is 7.11 Å². The van der Waals surface area contributed by atoms with Crippen molar-refractivity contribution in [3.63, 3.8) is 0 Å². The highest BCUT2D eigenvalue weighted by molar-refractivity contribution is 7.14. The van der Waals surface area contributed by atoms with Crippen molar-refractivity contribution in [3.05, 3.63) is 34.7 Å². The number of benzene rings is 1. The molecule has 3 nitrogen and oxygen atoms in total. The molecule has 4 heteroatoms. The van der Waals surface area contributed by atoms with Gasteiger partial charge in [-0.15, -0.1) is 11.3 Å². The number of hydrogen-bond donors (Lipinski definition) is 1. The number of ether oxygens (including phenoxy) is 1. The summed E-state index contributed by atoms with van der Waals surface area (Å²) in [6.07, 6.45) is 0. The Morgan fingerprint density at radius 2 is 1.95 bits per heavy atom. The first-order valence-electron chi connectivity index (χ1n) is 6.34. The molecule has 0 aliphatic carbocycles. The molecule has 2 aromatic rings. The van der Waals surface area contributed by atoms with Crippen LogP contribution in [0, 0.1) is 11.3 Å². The summed E-state index contributed by atoms with van der Waals surface area (Å²) < 4.78 is 5.43. The molecule has 0 aliphatic rings. The number of anilines is 1. The zero-order valence-electron chi connectivity index (χ0n) is 12.2. The van der Waals surface area contributed by atoms with Gasteiger partial charge in [-0.05, 0) is 23.1 Å². The van der Waals surface area contributed by atoms with Crippen LogP contribution in [0.5, 0.6) is 5.75 Å². The first-order valence-corrected chi connectivity index (χ1v) is 7.22. The molecule has 0 radical (unpaired) electrons. The lowest BCUT2D eigenvalue weighted by Crippen LogP contribution is -2.11. The van der Waals surface area contributed by atoms with Gasteiger partial charge in [-0.1, -0.05) is 26.8 Å². The second-order valence-corrected chi connectivity index (χ2v) is 6.58. The minimum absolute atomic E-state index is 0.0371. The average Bonchev–Trinajstić information content (AvgIpc) is 2.77. The third kappa shape index (κ3) is 2.50. The topological polar surface area (TPSA) is 59.0 Å². The van der Waals surface area contributed by atoms with Crippen molar-refractivity contribution in [3.8, 4) is 22.9 Å². The van der Waals surface area contributed by atoms with E-state index in [1.165, 1.54) is 16.9 Å². The predicted octanol–water partition coefficient (Wildman–Crippen LogP) is 4.18. The molecule has 0 saturated carbocycles. The van der Waals surface area contributed by atoms with Gasteiger partial charge in [0.2, 0.25) is 0 Å². The third-order valence-corrected chi connectivity index (χ3v) is 4.10. The summed E-state index contributed by atoms with van der Waals surface area (Å²) in [5.41, 5.74) is 9.39. The van der Waals surface area contributed by atoms with Gasteiger partial charge in [0.25, 0.3) is 0 Å². The maximum atomic E-state index is 9.28. The highest BCUT2D eigenvalue weighted by Gasteiger charge is 2.19. The van der Waals surface area contributed by atoms with Gasteiger partial charge in [-0.3, -0.25) is 0 Å². The normalized spacial score (nSPS) is 11.2. The Morgan fingerprint density at radius 1 is 1.25 bits per heavy atom. The Bertz CT molecular complexity index is 675. The molecule has 2 N–H and O–H groups in total. The number of nitrogen functional groups attached to an aromatic ring is 1. The molecule has 0 unspecified atom stereocenters. The van der Waals surface area contributed by atoms with Crippen molar-refractivity contribution >= 4 is 16.3 Å². The van der Waals surface area contributed by atoms with Gasteiger partial charge in [-0.25, -0.2) is 0 Å². The zero-order chi connectivity index (χ0) is 14.9. The van der Waals surface area contributed by atoms with Crippen LogP contribution in [0.2, 0.25) is 0 Å². The number of nitriles is 1. The molecule has 1 aromatic carbocycles. The highest BCUT2D eigenvalue weighted by atomic mass is 32.1. The molecule has 0 bridgehead atoms. The Morgan fingerprint density at radius 3 is 2.50 bits per heavy atom. The fourth-order valence-electron chi connectivity index (χ4n) is 2.07. The molecule has 0 atom stereocenters. The van der Waals surface area contributed by atoms with E-state index in [0.717, 1.165) is 16.9 Å². The molecule has 20 heavy (non-hydrogen) atoms. The number of nitrogens with zero attached hydrogens (tertiary/aromatic N) is 1. The van der Waals surface area contributed by atoms with Crippen molar-refractivity contribution in [1.29, 1.82) is 5.26 Å². The van der Waals surface area contributed by atoms with E-state index < -0.39 is 0 Å². The monoisotopic (exact) mass is 286 g/mol. The predicted molar refractivity (Wildman–Crippen MR) is 84.1 cm³/mol. The number of thiophene rings is 1. The molecule has 0 aliphatic heterocycles. The number of hydrogen-bond acceptors (Lipinski definition) is 4. The van der Waals surface area contributed by atoms with Crippen molar-refractivity contribution in [2.24, 2.45) is 0 Å². The van der Waals surface area contributed by atoms with Crippen LogP contribution in [0.25, 0.3) is 11.1 Å². The van der Waals surface area contributed by atoms with Crippen LogP contribution in [-0.2, 0) is 5.41 Å². The quantitative estimate of drug-likeness (QED) is 0.901. The first kappa shape index (κ1) is 14.4. The Kier molecular flexibility index (Phi) is 3.74. The molecule has 0 spiro atoms. The van der Waals surface area contributed by atoms with E-state index in [2.05, 4.69) is 39.0 Å². The number of nitrogens with two attached hydrogens (primary N) is 1. The van der Waals surface area contributed by atoms with E-state index in [1.807, 2.05) is 11.4 Å². The lowest BCUT2D eigenvalue weighted by atomic mass is 9.85. The van der Waals surface area contributed by atoms with Crippen LogP contribution in [0.1, 0.15) is 31.9 Å². The summed E-state index contributed by atoms with van der Waals surface area (Å²) in [5, 5.41) is 11.7. The number of methoxy groups -OCH3 is 1. The molecular weight excluding hydrogens is 268 g/mol. The second-order valence-electron chi connectivity index (χ2n) is 5.67. The van der Waals surface area contributed by atoms with Gasteiger partial charge < -0.3 is 10.5 Å². The highest BCUT2D eigenvalue weighted by Crippen LogP contribution is 2.40. The summed E-state index contributed by atoms with van der Waals surface area (Å²) in [6.45, 7) is 6.48. The van der Waals surface area contributed by atoms with E-state index >= 15 is 0 Å². The van der Waals surface area contributed by atoms with Gasteiger partial charge >= 0.3 is 0 Å². The van der Waals surface area contributed by atoms with Gasteiger partial charge in [0.05, 0.1) is 12.7 Å². The van der Waals surface area contributed by atoms with Crippen molar-refractivity contribution < 1.29 is 4.74 Å². The van der Waals surface area contributed by atoms with Crippen LogP contribution < -0.4 is 10.5 Å². The van der Waals surface area contributed by atoms with Crippen molar-refractivity contribution in [1.82, 2.24) is 0 Å². The van der Waals surface area contributed by atoms with E-state index in [4.69, 9.17) is 10.5 Å². The largest absolute Gasteiger partial charge is 0.496 e. The van der Waals surface area contributed by atoms with Crippen molar-refractivity contribution in [2.45, 2.75) is 26.2 Å². The van der Waals surface area contributed by atoms with Gasteiger partial charge in [0, 0.05) is 16.5 Å². The molecule has 0 amide bonds. The SMILES string of the molecule is COc1ccc(C(C)(C)C)cc1-c1csc(N)c1C#N. The smallest absolute Gasteiger partial charge is 0.126 e. The number of rotatable bonds is 2. The van der Waals surface area contributed by atoms with E-state index in [-0.39, 0.29) is 5.41 Å². The second kappa shape index (κ2) is 5.18. The van der Waals surface area contributed by atoms with Crippen LogP contribution in [0.3, 0.4) is 0 Å². The molecular formula is C16H18N2OS. The van der Waals surface area contributed by atoms with Gasteiger partial charge in [0.1, 0.15) is 16.8 Å². The van der Waals surface area contributed by atoms with Crippen LogP contribution in [0.4, 0.5) is 5.00 Å². The van der Waals surface area contributed by atoms with Crippen molar-refractivity contribution in [2.75, 3.05) is 12.8 Å². The summed E-state index contributed by atoms with van der Waals surface area (Å²) in [7, 11) is 1.64. The molecule has 104 valence electrons. The Hall–Kier alpha value is -1.99. The minimum atomic E-state index is 0.0371. The van der Waals surface area contributed by atoms with E-state index in [0.29, 0.717) is 10.6 Å². The maximum absolute atomic E-state index is 9.28. The molecule has 1 heterocycles. The third-order valence-electron chi connectivity index (χ3n) is 3.29. The molecule has 2 rings (SSSR count). The summed E-state index contributed by atoms with van der Waals surface area (Å²) in [6, 6.07) is 8.28. The fourth-order valence-corrected chi connectivity index (χ4v) is 2.83. The van der Waals surface area contributed by atoms with E-state index in [9.17, 15) is 5.26 Å². The van der Waals surface area contributed by atoms with E-state index in [1.54, 1.807) is 7.11 Å². The standard InChI is InChI=1S/C16H18N2OS/c1-16(2,3)10-5-6-14(19-4)11(7-10)13-9-20-15(18)12(13)8-17/h5-7,9H,18H2,1-4H3. The molecule has 0 saturated heterocycles. The van der Waals surface area contributed by atoms with Crippen LogP contribution in [0.15, 0.2) is 23.6 Å². The first-order chi connectivity index (χ1) is 9.38. The van der Waals surface area contributed by atoms with Crippen LogP contribution >= 0.6 is 11.3 Å². The van der Waals surface area contributed by atoms with Gasteiger partial charge in [0.15, 0.2) is 0 Å². The fraction of sp³-hybridized carbons (Fsp3) is 0.312. The summed E-state index contributed by atoms with van der Waals surface area (Å²) >= 11 is 1.38. The minimum Gasteiger partial charge on any atom is -0.496 e. The maximum Gasteiger partial charge on any atom is 0.126 e. The van der Waals surface area contributed by atoms with Gasteiger partial charge in [-0.2, -0.15) is 5.26 Å².